The summed E-state index contributed by atoms with van der Waals surface area (Å²) in [5.74, 6) is 0.0372. The molecule has 132 valence electrons. The highest BCUT2D eigenvalue weighted by atomic mass is 19.4. The van der Waals surface area contributed by atoms with E-state index in [0.717, 1.165) is 18.8 Å². The first-order valence-electron chi connectivity index (χ1n) is 7.74. The highest BCUT2D eigenvalue weighted by molar-refractivity contribution is 5.53. The van der Waals surface area contributed by atoms with Crippen molar-refractivity contribution in [2.24, 2.45) is 0 Å². The van der Waals surface area contributed by atoms with E-state index in [0.29, 0.717) is 13.1 Å². The van der Waals surface area contributed by atoms with Gasteiger partial charge in [-0.1, -0.05) is 0 Å². The van der Waals surface area contributed by atoms with Gasteiger partial charge in [0.2, 0.25) is 0 Å². The highest BCUT2D eigenvalue weighted by Gasteiger charge is 2.47. The minimum Gasteiger partial charge on any atom is -0.352 e. The minimum atomic E-state index is -4.51. The molecule has 25 heavy (non-hydrogen) atoms. The molecular weight excluding hydrogens is 340 g/mol. The van der Waals surface area contributed by atoms with Crippen molar-refractivity contribution in [3.63, 3.8) is 0 Å². The van der Waals surface area contributed by atoms with Gasteiger partial charge in [0.15, 0.2) is 11.6 Å². The second-order valence-electron chi connectivity index (χ2n) is 6.21. The predicted octanol–water partition coefficient (Wildman–Crippen LogP) is 2.20. The second-order valence-corrected chi connectivity index (χ2v) is 6.21. The van der Waals surface area contributed by atoms with Crippen LogP contribution in [0.4, 0.5) is 29.2 Å². The molecule has 0 aliphatic carbocycles. The maximum absolute atomic E-state index is 14.3. The normalized spacial score (nSPS) is 22.8. The van der Waals surface area contributed by atoms with Crippen LogP contribution in [-0.4, -0.2) is 45.1 Å². The van der Waals surface area contributed by atoms with Gasteiger partial charge in [-0.2, -0.15) is 13.2 Å². The van der Waals surface area contributed by atoms with Crippen LogP contribution >= 0.6 is 0 Å². The number of aryl methyl sites for hydroxylation is 1. The predicted molar refractivity (Wildman–Crippen MR) is 80.6 cm³/mol. The summed E-state index contributed by atoms with van der Waals surface area (Å²) in [6.45, 7) is 2.47. The van der Waals surface area contributed by atoms with Crippen LogP contribution in [0.2, 0.25) is 0 Å². The number of piperidine rings is 1. The molecule has 0 spiro atoms. The number of rotatable bonds is 2. The molecule has 2 atom stereocenters. The van der Waals surface area contributed by atoms with Crippen LogP contribution in [0.5, 0.6) is 0 Å². The number of alkyl halides is 3. The third-order valence-corrected chi connectivity index (χ3v) is 4.65. The lowest BCUT2D eigenvalue weighted by atomic mass is 9.87. The van der Waals surface area contributed by atoms with E-state index in [-0.39, 0.29) is 29.4 Å². The van der Waals surface area contributed by atoms with Crippen molar-refractivity contribution in [1.29, 1.82) is 0 Å². The van der Waals surface area contributed by atoms with Gasteiger partial charge < -0.3 is 9.80 Å². The Balaban J connectivity index is 1.55. The number of anilines is 2. The number of halogens is 4. The fraction of sp³-hybridized carbons (Fsp3) is 0.467. The van der Waals surface area contributed by atoms with Crippen molar-refractivity contribution in [1.82, 2.24) is 19.9 Å². The van der Waals surface area contributed by atoms with E-state index < -0.39 is 17.7 Å². The molecule has 0 N–H and O–H groups in total. The quantitative estimate of drug-likeness (QED) is 0.771. The lowest BCUT2D eigenvalue weighted by Gasteiger charge is -2.57. The van der Waals surface area contributed by atoms with Crippen molar-refractivity contribution in [3.05, 3.63) is 35.9 Å². The number of fused-ring (bicyclic) bond motifs is 2. The highest BCUT2D eigenvalue weighted by Crippen LogP contribution is 2.39. The Bertz CT molecular complexity index is 799. The Hall–Kier alpha value is -2.52. The summed E-state index contributed by atoms with van der Waals surface area (Å²) in [6, 6.07) is 0.906. The number of hydrogen-bond donors (Lipinski definition) is 0. The minimum absolute atomic E-state index is 0.0214. The van der Waals surface area contributed by atoms with Crippen LogP contribution in [-0.2, 0) is 6.18 Å². The van der Waals surface area contributed by atoms with E-state index in [1.54, 1.807) is 11.8 Å². The van der Waals surface area contributed by atoms with Gasteiger partial charge in [-0.15, -0.1) is 0 Å². The summed E-state index contributed by atoms with van der Waals surface area (Å²) < 4.78 is 52.7. The zero-order valence-corrected chi connectivity index (χ0v) is 13.2. The van der Waals surface area contributed by atoms with Crippen LogP contribution in [0, 0.1) is 12.7 Å². The first-order chi connectivity index (χ1) is 11.8. The molecule has 6 nitrogen and oxygen atoms in total. The third kappa shape index (κ3) is 2.65. The van der Waals surface area contributed by atoms with E-state index in [1.807, 2.05) is 4.90 Å². The summed E-state index contributed by atoms with van der Waals surface area (Å²) in [7, 11) is 0. The third-order valence-electron chi connectivity index (χ3n) is 4.65. The van der Waals surface area contributed by atoms with E-state index >= 15 is 0 Å². The number of hydrogen-bond acceptors (Lipinski definition) is 6. The van der Waals surface area contributed by atoms with Crippen molar-refractivity contribution in [2.75, 3.05) is 22.9 Å². The first-order valence-corrected chi connectivity index (χ1v) is 7.74. The SMILES string of the molecule is Cc1ncnc(N2C3CC2CN(c2cc(C(F)(F)F)ncn2)C3)c1F. The lowest BCUT2D eigenvalue weighted by molar-refractivity contribution is -0.141. The van der Waals surface area contributed by atoms with Crippen molar-refractivity contribution in [3.8, 4) is 0 Å². The molecule has 0 amide bonds. The van der Waals surface area contributed by atoms with Crippen molar-refractivity contribution in [2.45, 2.75) is 31.6 Å². The van der Waals surface area contributed by atoms with Crippen LogP contribution < -0.4 is 9.80 Å². The molecule has 2 unspecified atom stereocenters. The molecule has 0 radical (unpaired) electrons. The average Bonchev–Trinajstić information content (AvgIpc) is 2.58. The fourth-order valence-electron chi connectivity index (χ4n) is 3.44. The Morgan fingerprint density at radius 2 is 1.72 bits per heavy atom. The molecule has 3 aliphatic rings. The topological polar surface area (TPSA) is 58.0 Å². The lowest BCUT2D eigenvalue weighted by Crippen LogP contribution is -2.69. The van der Waals surface area contributed by atoms with Gasteiger partial charge in [-0.05, 0) is 13.3 Å². The molecule has 10 heteroatoms. The summed E-state index contributed by atoms with van der Waals surface area (Å²) in [5.41, 5.74) is -0.691. The van der Waals surface area contributed by atoms with E-state index in [2.05, 4.69) is 19.9 Å². The molecule has 2 bridgehead atoms. The van der Waals surface area contributed by atoms with Crippen LogP contribution in [0.15, 0.2) is 18.7 Å². The van der Waals surface area contributed by atoms with E-state index in [9.17, 15) is 17.6 Å². The smallest absolute Gasteiger partial charge is 0.352 e. The molecule has 5 heterocycles. The van der Waals surface area contributed by atoms with Gasteiger partial charge in [-0.3, -0.25) is 0 Å². The number of piperazine rings is 1. The molecule has 0 aromatic carbocycles. The molecule has 3 aliphatic heterocycles. The van der Waals surface area contributed by atoms with Crippen LogP contribution in [0.25, 0.3) is 0 Å². The monoisotopic (exact) mass is 354 g/mol. The standard InChI is InChI=1S/C15H14F4N6/c1-8-13(16)14(23-6-20-8)25-9-2-10(25)5-24(4-9)12-3-11(15(17,18)19)21-7-22-12/h3,6-7,9-10H,2,4-5H2,1H3. The number of aromatic nitrogens is 4. The molecule has 3 fully saturated rings. The average molecular weight is 354 g/mol. The Morgan fingerprint density at radius 1 is 1.04 bits per heavy atom. The van der Waals surface area contributed by atoms with Crippen LogP contribution in [0.1, 0.15) is 17.8 Å². The van der Waals surface area contributed by atoms with E-state index in [1.165, 1.54) is 6.33 Å². The molecule has 2 aromatic heterocycles. The fourth-order valence-corrected chi connectivity index (χ4v) is 3.44. The van der Waals surface area contributed by atoms with Crippen molar-refractivity contribution >= 4 is 11.6 Å². The van der Waals surface area contributed by atoms with Crippen molar-refractivity contribution < 1.29 is 17.6 Å². The second kappa shape index (κ2) is 5.50. The summed E-state index contributed by atoms with van der Waals surface area (Å²) in [5, 5.41) is 0. The van der Waals surface area contributed by atoms with Gasteiger partial charge in [0.25, 0.3) is 0 Å². The van der Waals surface area contributed by atoms with Gasteiger partial charge in [0.05, 0.1) is 17.8 Å². The first kappa shape index (κ1) is 16.0. The van der Waals surface area contributed by atoms with Gasteiger partial charge >= 0.3 is 6.18 Å². The summed E-state index contributed by atoms with van der Waals surface area (Å²) >= 11 is 0. The molecule has 2 aromatic rings. The van der Waals surface area contributed by atoms with Gasteiger partial charge in [0, 0.05) is 19.2 Å². The van der Waals surface area contributed by atoms with E-state index in [4.69, 9.17) is 0 Å². The van der Waals surface area contributed by atoms with Gasteiger partial charge in [0.1, 0.15) is 24.2 Å². The maximum Gasteiger partial charge on any atom is 0.433 e. The molecule has 5 rings (SSSR count). The number of nitrogens with zero attached hydrogens (tertiary/aromatic N) is 6. The molecule has 0 saturated carbocycles. The molecule has 3 saturated heterocycles. The largest absolute Gasteiger partial charge is 0.433 e. The molecular formula is C15H14F4N6. The Kier molecular flexibility index (Phi) is 3.51. The zero-order chi connectivity index (χ0) is 17.8. The van der Waals surface area contributed by atoms with Gasteiger partial charge in [-0.25, -0.2) is 24.3 Å². The summed E-state index contributed by atoms with van der Waals surface area (Å²) in [6.07, 6.45) is -1.43. The van der Waals surface area contributed by atoms with Crippen LogP contribution in [0.3, 0.4) is 0 Å². The Morgan fingerprint density at radius 3 is 2.40 bits per heavy atom. The summed E-state index contributed by atoms with van der Waals surface area (Å²) in [4.78, 5) is 18.8. The zero-order valence-electron chi connectivity index (χ0n) is 13.2. The maximum atomic E-state index is 14.3. The Labute approximate surface area is 140 Å².